The Kier molecular flexibility index (Phi) is 5.14. The standard InChI is InChI=1S/C24H25N3OS/c1-17-7-10-20(11-8-17)27-23(29)26(21-12-9-19(16-25)18(2)15-21)22(28)24(27)13-5-3-4-6-14-24/h7-12,15H,3-6,13-14H2,1-2H3. The SMILES string of the molecule is Cc1ccc(N2C(=S)N(c3ccc(C#N)c(C)c3)C(=O)C23CCCCCC3)cc1. The molecule has 2 aromatic carbocycles. The fourth-order valence-electron chi connectivity index (χ4n) is 4.62. The van der Waals surface area contributed by atoms with Crippen LogP contribution in [-0.4, -0.2) is 16.6 Å². The topological polar surface area (TPSA) is 47.3 Å². The molecule has 2 aromatic rings. The molecule has 4 nitrogen and oxygen atoms in total. The van der Waals surface area contributed by atoms with Crippen molar-refractivity contribution >= 4 is 34.6 Å². The second-order valence-corrected chi connectivity index (χ2v) is 8.52. The van der Waals surface area contributed by atoms with Gasteiger partial charge in [0.25, 0.3) is 5.91 Å². The van der Waals surface area contributed by atoms with E-state index in [1.54, 1.807) is 11.0 Å². The highest BCUT2D eigenvalue weighted by atomic mass is 32.1. The lowest BCUT2D eigenvalue weighted by Crippen LogP contribution is -2.49. The number of anilines is 2. The van der Waals surface area contributed by atoms with Crippen LogP contribution in [0, 0.1) is 25.2 Å². The van der Waals surface area contributed by atoms with E-state index in [1.807, 2.05) is 19.1 Å². The lowest BCUT2D eigenvalue weighted by Gasteiger charge is -2.35. The molecule has 0 N–H and O–H groups in total. The molecule has 1 aliphatic carbocycles. The zero-order valence-corrected chi connectivity index (χ0v) is 17.8. The number of aryl methyl sites for hydroxylation is 2. The maximum Gasteiger partial charge on any atom is 0.259 e. The minimum Gasteiger partial charge on any atom is -0.303 e. The molecule has 0 atom stereocenters. The van der Waals surface area contributed by atoms with Crippen molar-refractivity contribution in [3.63, 3.8) is 0 Å². The van der Waals surface area contributed by atoms with Gasteiger partial charge in [-0.2, -0.15) is 5.26 Å². The largest absolute Gasteiger partial charge is 0.303 e. The molecule has 0 radical (unpaired) electrons. The number of hydrogen-bond acceptors (Lipinski definition) is 3. The molecule has 1 heterocycles. The second kappa shape index (κ2) is 7.61. The van der Waals surface area contributed by atoms with Crippen LogP contribution in [0.15, 0.2) is 42.5 Å². The predicted octanol–water partition coefficient (Wildman–Crippen LogP) is 5.41. The minimum atomic E-state index is -0.620. The molecule has 29 heavy (non-hydrogen) atoms. The second-order valence-electron chi connectivity index (χ2n) is 8.15. The molecule has 1 amide bonds. The number of benzene rings is 2. The molecular weight excluding hydrogens is 378 g/mol. The Morgan fingerprint density at radius 3 is 2.17 bits per heavy atom. The van der Waals surface area contributed by atoms with Crippen molar-refractivity contribution < 1.29 is 4.79 Å². The molecule has 148 valence electrons. The van der Waals surface area contributed by atoms with E-state index in [0.717, 1.165) is 55.5 Å². The highest BCUT2D eigenvalue weighted by molar-refractivity contribution is 7.81. The number of nitrogens with zero attached hydrogens (tertiary/aromatic N) is 3. The van der Waals surface area contributed by atoms with Crippen LogP contribution in [0.5, 0.6) is 0 Å². The van der Waals surface area contributed by atoms with Gasteiger partial charge in [0.1, 0.15) is 5.54 Å². The summed E-state index contributed by atoms with van der Waals surface area (Å²) in [6, 6.07) is 16.0. The van der Waals surface area contributed by atoms with Gasteiger partial charge in [0.05, 0.1) is 17.3 Å². The van der Waals surface area contributed by atoms with Crippen molar-refractivity contribution in [3.8, 4) is 6.07 Å². The lowest BCUT2D eigenvalue weighted by molar-refractivity contribution is -0.121. The summed E-state index contributed by atoms with van der Waals surface area (Å²) < 4.78 is 0. The quantitative estimate of drug-likeness (QED) is 0.629. The smallest absolute Gasteiger partial charge is 0.259 e. The van der Waals surface area contributed by atoms with Crippen LogP contribution in [0.1, 0.15) is 55.2 Å². The van der Waals surface area contributed by atoms with Gasteiger partial charge in [-0.1, -0.05) is 43.4 Å². The number of nitriles is 1. The van der Waals surface area contributed by atoms with Crippen molar-refractivity contribution in [1.82, 2.24) is 0 Å². The Hall–Kier alpha value is -2.71. The summed E-state index contributed by atoms with van der Waals surface area (Å²) in [7, 11) is 0. The average Bonchev–Trinajstić information content (AvgIpc) is 2.87. The first-order valence-corrected chi connectivity index (χ1v) is 10.6. The highest BCUT2D eigenvalue weighted by Crippen LogP contribution is 2.44. The first-order valence-electron chi connectivity index (χ1n) is 10.2. The van der Waals surface area contributed by atoms with Gasteiger partial charge in [-0.3, -0.25) is 9.69 Å². The van der Waals surface area contributed by atoms with Gasteiger partial charge in [-0.05, 0) is 74.8 Å². The molecule has 4 rings (SSSR count). The Morgan fingerprint density at radius 2 is 1.59 bits per heavy atom. The summed E-state index contributed by atoms with van der Waals surface area (Å²) in [6.45, 7) is 3.95. The first kappa shape index (κ1) is 19.6. The van der Waals surface area contributed by atoms with Crippen LogP contribution in [0.25, 0.3) is 0 Å². The van der Waals surface area contributed by atoms with E-state index in [9.17, 15) is 10.1 Å². The van der Waals surface area contributed by atoms with Crippen molar-refractivity contribution in [2.45, 2.75) is 57.9 Å². The van der Waals surface area contributed by atoms with Crippen molar-refractivity contribution in [1.29, 1.82) is 5.26 Å². The molecule has 1 aliphatic heterocycles. The summed E-state index contributed by atoms with van der Waals surface area (Å²) in [4.78, 5) is 17.7. The first-order chi connectivity index (χ1) is 14.0. The number of thiocarbonyl (C=S) groups is 1. The molecule has 1 spiro atoms. The monoisotopic (exact) mass is 403 g/mol. The molecule has 2 fully saturated rings. The maximum absolute atomic E-state index is 13.9. The van der Waals surface area contributed by atoms with E-state index in [2.05, 4.69) is 42.2 Å². The third-order valence-electron chi connectivity index (χ3n) is 6.22. The molecule has 0 unspecified atom stereocenters. The molecular formula is C24H25N3OS. The third kappa shape index (κ3) is 3.22. The van der Waals surface area contributed by atoms with E-state index in [4.69, 9.17) is 12.2 Å². The molecule has 0 bridgehead atoms. The van der Waals surface area contributed by atoms with Crippen LogP contribution >= 0.6 is 12.2 Å². The van der Waals surface area contributed by atoms with Crippen LogP contribution in [0.4, 0.5) is 11.4 Å². The Labute approximate surface area is 177 Å². The van der Waals surface area contributed by atoms with Gasteiger partial charge in [0.15, 0.2) is 5.11 Å². The molecule has 0 aromatic heterocycles. The van der Waals surface area contributed by atoms with Gasteiger partial charge in [-0.15, -0.1) is 0 Å². The Balaban J connectivity index is 1.84. The summed E-state index contributed by atoms with van der Waals surface area (Å²) in [5.74, 6) is 0.0640. The van der Waals surface area contributed by atoms with Gasteiger partial charge >= 0.3 is 0 Å². The number of carbonyl (C=O) groups excluding carboxylic acids is 1. The van der Waals surface area contributed by atoms with E-state index in [1.165, 1.54) is 5.56 Å². The number of hydrogen-bond donors (Lipinski definition) is 0. The minimum absolute atomic E-state index is 0.0640. The van der Waals surface area contributed by atoms with Crippen LogP contribution < -0.4 is 9.80 Å². The van der Waals surface area contributed by atoms with Crippen LogP contribution in [0.2, 0.25) is 0 Å². The van der Waals surface area contributed by atoms with E-state index in [-0.39, 0.29) is 5.91 Å². The zero-order chi connectivity index (χ0) is 20.6. The van der Waals surface area contributed by atoms with E-state index >= 15 is 0 Å². The summed E-state index contributed by atoms with van der Waals surface area (Å²) in [5, 5.41) is 9.79. The number of carbonyl (C=O) groups is 1. The molecule has 2 aliphatic rings. The van der Waals surface area contributed by atoms with Crippen LogP contribution in [-0.2, 0) is 4.79 Å². The summed E-state index contributed by atoms with van der Waals surface area (Å²) >= 11 is 5.90. The van der Waals surface area contributed by atoms with Crippen molar-refractivity contribution in [3.05, 3.63) is 59.2 Å². The fraction of sp³-hybridized carbons (Fsp3) is 0.375. The fourth-order valence-corrected chi connectivity index (χ4v) is 5.08. The Bertz CT molecular complexity index is 998. The van der Waals surface area contributed by atoms with Gasteiger partial charge < -0.3 is 4.90 Å². The summed E-state index contributed by atoms with van der Waals surface area (Å²) in [5.41, 5.74) is 3.75. The normalized spacial score (nSPS) is 18.8. The molecule has 5 heteroatoms. The van der Waals surface area contributed by atoms with Gasteiger partial charge in [0, 0.05) is 5.69 Å². The van der Waals surface area contributed by atoms with Gasteiger partial charge in [0.2, 0.25) is 0 Å². The average molecular weight is 404 g/mol. The van der Waals surface area contributed by atoms with Gasteiger partial charge in [-0.25, -0.2) is 0 Å². The maximum atomic E-state index is 13.9. The summed E-state index contributed by atoms with van der Waals surface area (Å²) in [6.07, 6.45) is 5.98. The van der Waals surface area contributed by atoms with Crippen molar-refractivity contribution in [2.75, 3.05) is 9.80 Å². The predicted molar refractivity (Wildman–Crippen MR) is 120 cm³/mol. The van der Waals surface area contributed by atoms with Crippen molar-refractivity contribution in [2.24, 2.45) is 0 Å². The van der Waals surface area contributed by atoms with E-state index < -0.39 is 5.54 Å². The molecule has 1 saturated carbocycles. The van der Waals surface area contributed by atoms with Crippen LogP contribution in [0.3, 0.4) is 0 Å². The zero-order valence-electron chi connectivity index (χ0n) is 16.9. The Morgan fingerprint density at radius 1 is 0.966 bits per heavy atom. The highest BCUT2D eigenvalue weighted by Gasteiger charge is 2.55. The number of amides is 1. The lowest BCUT2D eigenvalue weighted by atomic mass is 9.88. The van der Waals surface area contributed by atoms with E-state index in [0.29, 0.717) is 10.7 Å². The molecule has 1 saturated heterocycles. The third-order valence-corrected chi connectivity index (χ3v) is 6.59. The number of rotatable bonds is 2.